The van der Waals surface area contributed by atoms with Crippen LogP contribution in [0.3, 0.4) is 0 Å². The molecule has 1 aromatic heterocycles. The Balaban J connectivity index is 1.56. The molecule has 1 amide bonds. The maximum absolute atomic E-state index is 13.3. The third-order valence-corrected chi connectivity index (χ3v) is 6.60. The molecule has 0 aliphatic carbocycles. The summed E-state index contributed by atoms with van der Waals surface area (Å²) >= 11 is 0. The molecular formula is C27H26N6O3S. The summed E-state index contributed by atoms with van der Waals surface area (Å²) in [5.41, 5.74) is 9.17. The second-order valence-corrected chi connectivity index (χ2v) is 9.85. The Bertz CT molecular complexity index is 1520. The first kappa shape index (κ1) is 25.5. The van der Waals surface area contributed by atoms with Crippen molar-refractivity contribution in [2.75, 3.05) is 10.6 Å². The van der Waals surface area contributed by atoms with Crippen LogP contribution in [-0.2, 0) is 21.2 Å². The highest BCUT2D eigenvalue weighted by molar-refractivity contribution is 7.89. The number of nitrogen functional groups attached to an aromatic ring is 1. The summed E-state index contributed by atoms with van der Waals surface area (Å²) in [5.74, 6) is -0.366. The van der Waals surface area contributed by atoms with Crippen LogP contribution in [0.25, 0.3) is 11.1 Å². The molecule has 0 saturated carbocycles. The molecule has 4 aromatic rings. The average Bonchev–Trinajstić information content (AvgIpc) is 2.89. The van der Waals surface area contributed by atoms with Crippen LogP contribution in [0.15, 0.2) is 102 Å². The lowest BCUT2D eigenvalue weighted by Gasteiger charge is -2.20. The SMILES string of the molecule is N=C(N)c1cccc(N[C@@H](Cc2ccccn2)C(=O)Nc2ccc(-c3ccccc3S(N)(=O)=O)cc2)c1. The second kappa shape index (κ2) is 11.0. The van der Waals surface area contributed by atoms with E-state index in [1.54, 1.807) is 79.0 Å². The summed E-state index contributed by atoms with van der Waals surface area (Å²) in [6, 6.07) is 25.1. The number of nitrogens with zero attached hydrogens (tertiary/aromatic N) is 1. The van der Waals surface area contributed by atoms with Crippen molar-refractivity contribution in [3.05, 3.63) is 108 Å². The Morgan fingerprint density at radius 1 is 0.919 bits per heavy atom. The third-order valence-electron chi connectivity index (χ3n) is 5.63. The number of aromatic nitrogens is 1. The van der Waals surface area contributed by atoms with Crippen molar-refractivity contribution in [1.82, 2.24) is 4.98 Å². The van der Waals surface area contributed by atoms with E-state index in [0.29, 0.717) is 34.5 Å². The molecule has 10 heteroatoms. The zero-order valence-corrected chi connectivity index (χ0v) is 20.6. The molecule has 3 aromatic carbocycles. The van der Waals surface area contributed by atoms with Gasteiger partial charge in [-0.3, -0.25) is 15.2 Å². The minimum atomic E-state index is -3.90. The van der Waals surface area contributed by atoms with Crippen LogP contribution in [-0.4, -0.2) is 31.2 Å². The first-order valence-corrected chi connectivity index (χ1v) is 12.9. The smallest absolute Gasteiger partial charge is 0.247 e. The summed E-state index contributed by atoms with van der Waals surface area (Å²) in [6.45, 7) is 0. The highest BCUT2D eigenvalue weighted by Crippen LogP contribution is 2.27. The van der Waals surface area contributed by atoms with Gasteiger partial charge in [0.1, 0.15) is 11.9 Å². The molecule has 188 valence electrons. The van der Waals surface area contributed by atoms with Gasteiger partial charge in [0.05, 0.1) is 4.90 Å². The Morgan fingerprint density at radius 3 is 2.32 bits per heavy atom. The van der Waals surface area contributed by atoms with E-state index >= 15 is 0 Å². The molecule has 37 heavy (non-hydrogen) atoms. The maximum atomic E-state index is 13.3. The van der Waals surface area contributed by atoms with Gasteiger partial charge < -0.3 is 16.4 Å². The Kier molecular flexibility index (Phi) is 7.61. The monoisotopic (exact) mass is 514 g/mol. The van der Waals surface area contributed by atoms with Gasteiger partial charge in [-0.25, -0.2) is 13.6 Å². The van der Waals surface area contributed by atoms with Crippen LogP contribution in [0.2, 0.25) is 0 Å². The van der Waals surface area contributed by atoms with E-state index in [4.69, 9.17) is 16.3 Å². The summed E-state index contributed by atoms with van der Waals surface area (Å²) in [6.07, 6.45) is 1.98. The van der Waals surface area contributed by atoms with Crippen molar-refractivity contribution in [3.8, 4) is 11.1 Å². The molecule has 0 fully saturated rings. The fourth-order valence-electron chi connectivity index (χ4n) is 3.83. The van der Waals surface area contributed by atoms with Crippen molar-refractivity contribution >= 4 is 33.1 Å². The van der Waals surface area contributed by atoms with Crippen molar-refractivity contribution in [2.24, 2.45) is 10.9 Å². The largest absolute Gasteiger partial charge is 0.384 e. The Labute approximate surface area is 215 Å². The number of carbonyl (C=O) groups excluding carboxylic acids is 1. The van der Waals surface area contributed by atoms with Gasteiger partial charge in [0, 0.05) is 40.8 Å². The Hall–Kier alpha value is -4.54. The lowest BCUT2D eigenvalue weighted by molar-refractivity contribution is -0.116. The summed E-state index contributed by atoms with van der Waals surface area (Å²) in [5, 5.41) is 19.2. The highest BCUT2D eigenvalue weighted by atomic mass is 32.2. The van der Waals surface area contributed by atoms with Crippen LogP contribution in [0.1, 0.15) is 11.3 Å². The van der Waals surface area contributed by atoms with Crippen molar-refractivity contribution in [2.45, 2.75) is 17.4 Å². The van der Waals surface area contributed by atoms with Gasteiger partial charge in [0.2, 0.25) is 15.9 Å². The predicted octanol–water partition coefficient (Wildman–Crippen LogP) is 3.34. The third kappa shape index (κ3) is 6.57. The first-order valence-electron chi connectivity index (χ1n) is 11.3. The number of amidine groups is 1. The van der Waals surface area contributed by atoms with Crippen LogP contribution in [0.5, 0.6) is 0 Å². The number of sulfonamides is 1. The number of carbonyl (C=O) groups is 1. The van der Waals surface area contributed by atoms with Crippen molar-refractivity contribution in [3.63, 3.8) is 0 Å². The van der Waals surface area contributed by atoms with Gasteiger partial charge in [-0.15, -0.1) is 0 Å². The number of nitrogens with two attached hydrogens (primary N) is 2. The van der Waals surface area contributed by atoms with Crippen molar-refractivity contribution < 1.29 is 13.2 Å². The van der Waals surface area contributed by atoms with Gasteiger partial charge in [-0.1, -0.05) is 48.5 Å². The number of hydrogen-bond acceptors (Lipinski definition) is 6. The zero-order valence-electron chi connectivity index (χ0n) is 19.8. The van der Waals surface area contributed by atoms with E-state index in [0.717, 1.165) is 5.69 Å². The number of nitrogens with one attached hydrogen (secondary N) is 3. The summed E-state index contributed by atoms with van der Waals surface area (Å²) in [7, 11) is -3.90. The van der Waals surface area contributed by atoms with Gasteiger partial charge in [0.25, 0.3) is 0 Å². The van der Waals surface area contributed by atoms with E-state index in [9.17, 15) is 13.2 Å². The van der Waals surface area contributed by atoms with E-state index in [2.05, 4.69) is 15.6 Å². The van der Waals surface area contributed by atoms with E-state index < -0.39 is 16.1 Å². The number of hydrogen-bond donors (Lipinski definition) is 5. The van der Waals surface area contributed by atoms with E-state index in [1.165, 1.54) is 6.07 Å². The molecule has 1 atom stereocenters. The van der Waals surface area contributed by atoms with Crippen LogP contribution in [0, 0.1) is 5.41 Å². The second-order valence-electron chi connectivity index (χ2n) is 8.32. The lowest BCUT2D eigenvalue weighted by Crippen LogP contribution is -2.36. The first-order chi connectivity index (χ1) is 17.7. The topological polar surface area (TPSA) is 164 Å². The quantitative estimate of drug-likeness (QED) is 0.170. The van der Waals surface area contributed by atoms with E-state index in [1.807, 2.05) is 12.1 Å². The number of amides is 1. The average molecular weight is 515 g/mol. The van der Waals surface area contributed by atoms with Crippen molar-refractivity contribution in [1.29, 1.82) is 5.41 Å². The van der Waals surface area contributed by atoms with Gasteiger partial charge in [0.15, 0.2) is 0 Å². The van der Waals surface area contributed by atoms with E-state index in [-0.39, 0.29) is 16.6 Å². The summed E-state index contributed by atoms with van der Waals surface area (Å²) in [4.78, 5) is 17.7. The fraction of sp³-hybridized carbons (Fsp3) is 0.0741. The number of anilines is 2. The number of benzene rings is 3. The molecule has 7 N–H and O–H groups in total. The van der Waals surface area contributed by atoms with Gasteiger partial charge >= 0.3 is 0 Å². The minimum absolute atomic E-state index is 0.0270. The molecule has 0 unspecified atom stereocenters. The summed E-state index contributed by atoms with van der Waals surface area (Å²) < 4.78 is 23.9. The Morgan fingerprint density at radius 2 is 1.65 bits per heavy atom. The molecule has 0 aliphatic heterocycles. The lowest BCUT2D eigenvalue weighted by atomic mass is 10.0. The zero-order chi connectivity index (χ0) is 26.4. The normalized spacial score (nSPS) is 11.9. The molecule has 0 bridgehead atoms. The standard InChI is InChI=1S/C27H26N6O3S/c28-26(29)19-6-5-8-22(16-19)32-24(17-21-7-3-4-15-31-21)27(34)33-20-13-11-18(12-14-20)23-9-1-2-10-25(23)37(30,35)36/h1-16,24,32H,17H2,(H3,28,29)(H,33,34)(H2,30,35,36)/t24-/m0/s1. The molecule has 4 rings (SSSR count). The highest BCUT2D eigenvalue weighted by Gasteiger charge is 2.21. The number of primary sulfonamides is 1. The number of rotatable bonds is 9. The van der Waals surface area contributed by atoms with Crippen LogP contribution >= 0.6 is 0 Å². The van der Waals surface area contributed by atoms with Gasteiger partial charge in [-0.2, -0.15) is 0 Å². The maximum Gasteiger partial charge on any atom is 0.247 e. The van der Waals surface area contributed by atoms with Crippen LogP contribution in [0.4, 0.5) is 11.4 Å². The fourth-order valence-corrected chi connectivity index (χ4v) is 4.59. The van der Waals surface area contributed by atoms with Gasteiger partial charge in [-0.05, 0) is 48.0 Å². The molecule has 0 radical (unpaired) electrons. The number of pyridine rings is 1. The molecule has 0 spiro atoms. The van der Waals surface area contributed by atoms with Crippen LogP contribution < -0.4 is 21.5 Å². The molecule has 0 saturated heterocycles. The molecule has 0 aliphatic rings. The predicted molar refractivity (Wildman–Crippen MR) is 145 cm³/mol. The molecule has 9 nitrogen and oxygen atoms in total. The molecule has 1 heterocycles. The minimum Gasteiger partial charge on any atom is -0.384 e. The molecular weight excluding hydrogens is 488 g/mol.